The molecule has 1 unspecified atom stereocenters. The zero-order valence-corrected chi connectivity index (χ0v) is 8.03. The molecule has 0 bridgehead atoms. The second-order valence-electron chi connectivity index (χ2n) is 2.86. The smallest absolute Gasteiger partial charge is 0.288 e. The van der Waals surface area contributed by atoms with Crippen LogP contribution in [0, 0.1) is 0 Å². The molecule has 1 heterocycles. The zero-order valence-electron chi connectivity index (χ0n) is 8.03. The number of aromatic nitrogens is 1. The molecule has 0 saturated carbocycles. The molecule has 0 saturated heterocycles. The van der Waals surface area contributed by atoms with Crippen molar-refractivity contribution in [2.75, 3.05) is 7.05 Å². The van der Waals surface area contributed by atoms with Gasteiger partial charge in [0.25, 0.3) is 5.91 Å². The van der Waals surface area contributed by atoms with Crippen LogP contribution in [0.25, 0.3) is 0 Å². The normalized spacial score (nSPS) is 12.2. The first-order valence-electron chi connectivity index (χ1n) is 4.47. The summed E-state index contributed by atoms with van der Waals surface area (Å²) in [4.78, 5) is 11.4. The van der Waals surface area contributed by atoms with Crippen LogP contribution >= 0.6 is 0 Å². The molecule has 0 fully saturated rings. The van der Waals surface area contributed by atoms with Gasteiger partial charge in [0.05, 0.1) is 0 Å². The lowest BCUT2D eigenvalue weighted by molar-refractivity contribution is -0.709. The number of hydrogen-bond donors (Lipinski definition) is 1. The Hall–Kier alpha value is -1.38. The molecule has 13 heavy (non-hydrogen) atoms. The van der Waals surface area contributed by atoms with Crippen molar-refractivity contribution in [3.05, 3.63) is 30.6 Å². The first-order chi connectivity index (χ1) is 6.29. The topological polar surface area (TPSA) is 33.0 Å². The van der Waals surface area contributed by atoms with E-state index in [-0.39, 0.29) is 11.9 Å². The molecule has 1 rings (SSSR count). The fourth-order valence-corrected chi connectivity index (χ4v) is 1.32. The van der Waals surface area contributed by atoms with E-state index in [0.717, 1.165) is 6.42 Å². The summed E-state index contributed by atoms with van der Waals surface area (Å²) in [6.45, 7) is 2.00. The number of nitrogens with one attached hydrogen (secondary N) is 1. The highest BCUT2D eigenvalue weighted by Crippen LogP contribution is 2.00. The monoisotopic (exact) mass is 179 g/mol. The zero-order chi connectivity index (χ0) is 9.68. The lowest BCUT2D eigenvalue weighted by Gasteiger charge is -2.07. The molecule has 0 aromatic carbocycles. The number of pyridine rings is 1. The van der Waals surface area contributed by atoms with Crippen LogP contribution in [0.1, 0.15) is 19.4 Å². The van der Waals surface area contributed by atoms with Crippen LogP contribution in [-0.2, 0) is 4.79 Å². The fraction of sp³-hybridized carbons (Fsp3) is 0.400. The summed E-state index contributed by atoms with van der Waals surface area (Å²) >= 11 is 0. The van der Waals surface area contributed by atoms with Gasteiger partial charge in [0.1, 0.15) is 0 Å². The number of nitrogens with zero attached hydrogens (tertiary/aromatic N) is 1. The van der Waals surface area contributed by atoms with Crippen LogP contribution in [0.15, 0.2) is 30.6 Å². The lowest BCUT2D eigenvalue weighted by atomic mass is 10.2. The molecule has 70 valence electrons. The highest BCUT2D eigenvalue weighted by Gasteiger charge is 2.23. The van der Waals surface area contributed by atoms with E-state index in [1.165, 1.54) is 0 Å². The third-order valence-corrected chi connectivity index (χ3v) is 2.03. The van der Waals surface area contributed by atoms with Crippen LogP contribution in [0.5, 0.6) is 0 Å². The number of likely N-dealkylation sites (N-methyl/N-ethyl adjacent to an activating group) is 1. The molecule has 1 aromatic heterocycles. The van der Waals surface area contributed by atoms with Gasteiger partial charge in [0.2, 0.25) is 6.04 Å². The summed E-state index contributed by atoms with van der Waals surface area (Å²) in [6.07, 6.45) is 4.61. The van der Waals surface area contributed by atoms with Crippen LogP contribution < -0.4 is 9.88 Å². The van der Waals surface area contributed by atoms with Crippen molar-refractivity contribution in [3.63, 3.8) is 0 Å². The quantitative estimate of drug-likeness (QED) is 0.680. The van der Waals surface area contributed by atoms with E-state index >= 15 is 0 Å². The number of amides is 1. The molecule has 0 aliphatic heterocycles. The standard InChI is InChI=1S/C10H14N2O/c1-3-9(10(13)11-2)12-7-5-4-6-8-12/h4-9H,3H2,1-2H3/p+1. The van der Waals surface area contributed by atoms with Crippen LogP contribution in [0.4, 0.5) is 0 Å². The summed E-state index contributed by atoms with van der Waals surface area (Å²) in [7, 11) is 1.66. The molecular formula is C10H15N2O+. The van der Waals surface area contributed by atoms with Gasteiger partial charge in [-0.05, 0) is 0 Å². The van der Waals surface area contributed by atoms with Crippen LogP contribution in [0.2, 0.25) is 0 Å². The fourth-order valence-electron chi connectivity index (χ4n) is 1.32. The van der Waals surface area contributed by atoms with Gasteiger partial charge in [0, 0.05) is 25.6 Å². The Kier molecular flexibility index (Phi) is 3.43. The van der Waals surface area contributed by atoms with E-state index in [9.17, 15) is 4.79 Å². The minimum Gasteiger partial charge on any atom is -0.353 e. The predicted molar refractivity (Wildman–Crippen MR) is 50.0 cm³/mol. The molecule has 1 atom stereocenters. The Balaban J connectivity index is 2.85. The number of hydrogen-bond acceptors (Lipinski definition) is 1. The maximum atomic E-state index is 11.4. The van der Waals surface area contributed by atoms with E-state index < -0.39 is 0 Å². The van der Waals surface area contributed by atoms with Crippen LogP contribution in [0.3, 0.4) is 0 Å². The number of rotatable bonds is 3. The minimum absolute atomic E-state index is 0.0544. The van der Waals surface area contributed by atoms with Crippen molar-refractivity contribution in [2.45, 2.75) is 19.4 Å². The second kappa shape index (κ2) is 4.60. The second-order valence-corrected chi connectivity index (χ2v) is 2.86. The first-order valence-corrected chi connectivity index (χ1v) is 4.47. The predicted octanol–water partition coefficient (Wildman–Crippen LogP) is 0.671. The Morgan fingerprint density at radius 2 is 2.00 bits per heavy atom. The Morgan fingerprint density at radius 1 is 1.38 bits per heavy atom. The average Bonchev–Trinajstić information content (AvgIpc) is 2.20. The molecule has 0 spiro atoms. The number of carbonyl (C=O) groups excluding carboxylic acids is 1. The van der Waals surface area contributed by atoms with E-state index in [4.69, 9.17) is 0 Å². The maximum absolute atomic E-state index is 11.4. The maximum Gasteiger partial charge on any atom is 0.288 e. The first kappa shape index (κ1) is 9.71. The van der Waals surface area contributed by atoms with E-state index in [0.29, 0.717) is 0 Å². The molecule has 1 amide bonds. The summed E-state index contributed by atoms with van der Waals surface area (Å²) in [6, 6.07) is 5.69. The average molecular weight is 179 g/mol. The molecule has 0 radical (unpaired) electrons. The molecule has 0 aliphatic carbocycles. The third-order valence-electron chi connectivity index (χ3n) is 2.03. The van der Waals surface area contributed by atoms with Crippen LogP contribution in [-0.4, -0.2) is 13.0 Å². The molecule has 0 aliphatic rings. The summed E-state index contributed by atoms with van der Waals surface area (Å²) in [5.74, 6) is 0.0544. The Labute approximate surface area is 78.4 Å². The lowest BCUT2D eigenvalue weighted by Crippen LogP contribution is -2.46. The van der Waals surface area contributed by atoms with Crippen molar-refractivity contribution in [1.82, 2.24) is 5.32 Å². The Morgan fingerprint density at radius 3 is 2.46 bits per heavy atom. The highest BCUT2D eigenvalue weighted by molar-refractivity contribution is 5.78. The van der Waals surface area contributed by atoms with E-state index in [1.54, 1.807) is 7.05 Å². The van der Waals surface area contributed by atoms with Crippen molar-refractivity contribution >= 4 is 5.91 Å². The van der Waals surface area contributed by atoms with Gasteiger partial charge in [-0.2, -0.15) is 4.57 Å². The van der Waals surface area contributed by atoms with Gasteiger partial charge in [-0.25, -0.2) is 0 Å². The van der Waals surface area contributed by atoms with Gasteiger partial charge < -0.3 is 5.32 Å². The van der Waals surface area contributed by atoms with Crippen molar-refractivity contribution in [2.24, 2.45) is 0 Å². The van der Waals surface area contributed by atoms with Gasteiger partial charge in [0.15, 0.2) is 12.4 Å². The molecular weight excluding hydrogens is 164 g/mol. The van der Waals surface area contributed by atoms with E-state index in [2.05, 4.69) is 5.32 Å². The van der Waals surface area contributed by atoms with Gasteiger partial charge in [-0.3, -0.25) is 4.79 Å². The largest absolute Gasteiger partial charge is 0.353 e. The summed E-state index contributed by atoms with van der Waals surface area (Å²) < 4.78 is 1.92. The van der Waals surface area contributed by atoms with Crippen molar-refractivity contribution in [1.29, 1.82) is 0 Å². The summed E-state index contributed by atoms with van der Waals surface area (Å²) in [5.41, 5.74) is 0. The third kappa shape index (κ3) is 2.28. The summed E-state index contributed by atoms with van der Waals surface area (Å²) in [5, 5.41) is 2.65. The molecule has 3 nitrogen and oxygen atoms in total. The number of carbonyl (C=O) groups is 1. The van der Waals surface area contributed by atoms with Gasteiger partial charge >= 0.3 is 0 Å². The molecule has 1 N–H and O–H groups in total. The van der Waals surface area contributed by atoms with Gasteiger partial charge in [-0.15, -0.1) is 0 Å². The molecule has 3 heteroatoms. The van der Waals surface area contributed by atoms with Crippen molar-refractivity contribution in [3.8, 4) is 0 Å². The molecule has 1 aromatic rings. The highest BCUT2D eigenvalue weighted by atomic mass is 16.2. The minimum atomic E-state index is -0.0915. The van der Waals surface area contributed by atoms with E-state index in [1.807, 2.05) is 42.1 Å². The SMILES string of the molecule is CCC(C(=O)NC)[n+]1ccccc1. The Bertz CT molecular complexity index is 272. The van der Waals surface area contributed by atoms with Gasteiger partial charge in [-0.1, -0.05) is 13.0 Å². The van der Waals surface area contributed by atoms with Crippen molar-refractivity contribution < 1.29 is 9.36 Å².